The molecule has 1 aromatic carbocycles. The second-order valence-corrected chi connectivity index (χ2v) is 7.97. The Kier molecular flexibility index (Phi) is 6.16. The lowest BCUT2D eigenvalue weighted by atomic mass is 9.95. The van der Waals surface area contributed by atoms with E-state index in [4.69, 9.17) is 32.5 Å². The summed E-state index contributed by atoms with van der Waals surface area (Å²) in [5, 5.41) is 5.08. The smallest absolute Gasteiger partial charge is 0.241 e. The van der Waals surface area contributed by atoms with E-state index in [2.05, 4.69) is 15.0 Å². The Morgan fingerprint density at radius 2 is 1.89 bits per heavy atom. The first kappa shape index (κ1) is 19.6. The van der Waals surface area contributed by atoms with Gasteiger partial charge in [-0.2, -0.15) is 4.98 Å². The van der Waals surface area contributed by atoms with Crippen LogP contribution in [0, 0.1) is 5.92 Å². The first-order valence-electron chi connectivity index (χ1n) is 9.47. The van der Waals surface area contributed by atoms with Crippen LogP contribution in [0.2, 0.25) is 10.0 Å². The lowest BCUT2D eigenvalue weighted by Crippen LogP contribution is -2.46. The topological polar surface area (TPSA) is 71.7 Å². The van der Waals surface area contributed by atoms with Gasteiger partial charge in [0.25, 0.3) is 0 Å². The molecule has 7 nitrogen and oxygen atoms in total. The van der Waals surface area contributed by atoms with E-state index in [0.717, 1.165) is 25.9 Å². The average molecular weight is 425 g/mol. The van der Waals surface area contributed by atoms with Crippen LogP contribution in [0.1, 0.15) is 18.7 Å². The van der Waals surface area contributed by atoms with Crippen LogP contribution >= 0.6 is 23.2 Å². The van der Waals surface area contributed by atoms with Crippen LogP contribution in [0.25, 0.3) is 11.4 Å². The van der Waals surface area contributed by atoms with E-state index in [1.54, 1.807) is 18.2 Å². The molecule has 1 aromatic heterocycles. The van der Waals surface area contributed by atoms with Crippen molar-refractivity contribution in [2.45, 2.75) is 19.4 Å². The normalized spacial score (nSPS) is 19.1. The second-order valence-electron chi connectivity index (χ2n) is 7.12. The van der Waals surface area contributed by atoms with Gasteiger partial charge in [-0.05, 0) is 44.1 Å². The number of rotatable bonds is 4. The molecule has 3 heterocycles. The maximum Gasteiger partial charge on any atom is 0.241 e. The zero-order valence-electron chi connectivity index (χ0n) is 15.4. The van der Waals surface area contributed by atoms with Gasteiger partial charge in [0.15, 0.2) is 0 Å². The van der Waals surface area contributed by atoms with Crippen molar-refractivity contribution in [3.8, 4) is 11.4 Å². The second kappa shape index (κ2) is 8.78. The van der Waals surface area contributed by atoms with Crippen LogP contribution in [-0.4, -0.2) is 65.2 Å². The van der Waals surface area contributed by atoms with Gasteiger partial charge in [0.1, 0.15) is 0 Å². The molecule has 0 N–H and O–H groups in total. The largest absolute Gasteiger partial charge is 0.378 e. The predicted octanol–water partition coefficient (Wildman–Crippen LogP) is 3.11. The van der Waals surface area contributed by atoms with E-state index in [1.807, 2.05) is 4.90 Å². The molecule has 2 aliphatic heterocycles. The summed E-state index contributed by atoms with van der Waals surface area (Å²) in [5.74, 6) is 1.36. The molecular weight excluding hydrogens is 403 g/mol. The van der Waals surface area contributed by atoms with Crippen LogP contribution in [0.3, 0.4) is 0 Å². The maximum atomic E-state index is 12.6. The molecule has 0 aliphatic carbocycles. The molecule has 4 rings (SSSR count). The van der Waals surface area contributed by atoms with Crippen molar-refractivity contribution in [2.24, 2.45) is 5.92 Å². The monoisotopic (exact) mass is 424 g/mol. The summed E-state index contributed by atoms with van der Waals surface area (Å²) in [6, 6.07) is 5.18. The lowest BCUT2D eigenvalue weighted by Gasteiger charge is -2.35. The zero-order valence-corrected chi connectivity index (χ0v) is 17.0. The minimum atomic E-state index is 0.0977. The number of carbonyl (C=O) groups excluding carboxylic acids is 1. The van der Waals surface area contributed by atoms with Crippen LogP contribution in [-0.2, 0) is 16.1 Å². The van der Waals surface area contributed by atoms with Gasteiger partial charge >= 0.3 is 0 Å². The van der Waals surface area contributed by atoms with Crippen LogP contribution < -0.4 is 0 Å². The van der Waals surface area contributed by atoms with Crippen LogP contribution in [0.4, 0.5) is 0 Å². The van der Waals surface area contributed by atoms with Crippen LogP contribution in [0.15, 0.2) is 22.7 Å². The van der Waals surface area contributed by atoms with Gasteiger partial charge in [-0.15, -0.1) is 0 Å². The summed E-state index contributed by atoms with van der Waals surface area (Å²) in [7, 11) is 0. The summed E-state index contributed by atoms with van der Waals surface area (Å²) in [6.45, 7) is 4.93. The molecule has 2 aromatic rings. The number of likely N-dealkylation sites (tertiary alicyclic amines) is 1. The summed E-state index contributed by atoms with van der Waals surface area (Å²) < 4.78 is 10.7. The summed E-state index contributed by atoms with van der Waals surface area (Å²) in [6.07, 6.45) is 1.69. The first-order valence-corrected chi connectivity index (χ1v) is 10.2. The van der Waals surface area contributed by atoms with Gasteiger partial charge in [0.05, 0.1) is 24.8 Å². The van der Waals surface area contributed by atoms with Gasteiger partial charge in [-0.3, -0.25) is 9.69 Å². The first-order chi connectivity index (χ1) is 13.6. The molecule has 0 spiro atoms. The predicted molar refractivity (Wildman–Crippen MR) is 105 cm³/mol. The van der Waals surface area contributed by atoms with Crippen molar-refractivity contribution < 1.29 is 14.1 Å². The number of carbonyl (C=O) groups is 1. The third-order valence-corrected chi connectivity index (χ3v) is 5.81. The number of ether oxygens (including phenoxy) is 1. The van der Waals surface area contributed by atoms with Gasteiger partial charge in [0.2, 0.25) is 17.6 Å². The highest BCUT2D eigenvalue weighted by atomic mass is 35.5. The molecule has 0 bridgehead atoms. The maximum absolute atomic E-state index is 12.6. The Labute approximate surface area is 173 Å². The fourth-order valence-corrected chi connectivity index (χ4v) is 4.16. The number of halogens is 2. The highest BCUT2D eigenvalue weighted by molar-refractivity contribution is 6.36. The molecule has 28 heavy (non-hydrogen) atoms. The third-order valence-electron chi connectivity index (χ3n) is 5.26. The molecule has 0 saturated carbocycles. The molecule has 0 radical (unpaired) electrons. The Balaban J connectivity index is 1.31. The van der Waals surface area contributed by atoms with Gasteiger partial charge in [-0.1, -0.05) is 28.4 Å². The number of hydrogen-bond donors (Lipinski definition) is 0. The van der Waals surface area contributed by atoms with Gasteiger partial charge in [-0.25, -0.2) is 0 Å². The van der Waals surface area contributed by atoms with Crippen molar-refractivity contribution in [3.63, 3.8) is 0 Å². The van der Waals surface area contributed by atoms with E-state index in [-0.39, 0.29) is 11.8 Å². The van der Waals surface area contributed by atoms with Gasteiger partial charge in [0, 0.05) is 29.6 Å². The molecule has 0 unspecified atom stereocenters. The lowest BCUT2D eigenvalue weighted by molar-refractivity contribution is -0.141. The van der Waals surface area contributed by atoms with E-state index in [0.29, 0.717) is 60.2 Å². The Hall–Kier alpha value is -1.67. The molecule has 2 aliphatic rings. The SMILES string of the molecule is O=C(C1CCN(Cc2nc(-c3ccc(Cl)cc3Cl)no2)CC1)N1CCOCC1. The van der Waals surface area contributed by atoms with E-state index in [1.165, 1.54) is 0 Å². The molecule has 2 saturated heterocycles. The summed E-state index contributed by atoms with van der Waals surface area (Å²) in [4.78, 5) is 21.3. The Morgan fingerprint density at radius 1 is 1.14 bits per heavy atom. The molecule has 9 heteroatoms. The van der Waals surface area contributed by atoms with Crippen LogP contribution in [0.5, 0.6) is 0 Å². The minimum absolute atomic E-state index is 0.0977. The number of amides is 1. The fraction of sp³-hybridized carbons (Fsp3) is 0.526. The van der Waals surface area contributed by atoms with Crippen molar-refractivity contribution >= 4 is 29.1 Å². The zero-order chi connectivity index (χ0) is 19.5. The van der Waals surface area contributed by atoms with Crippen molar-refractivity contribution in [1.82, 2.24) is 19.9 Å². The highest BCUT2D eigenvalue weighted by Gasteiger charge is 2.30. The Morgan fingerprint density at radius 3 is 2.61 bits per heavy atom. The highest BCUT2D eigenvalue weighted by Crippen LogP contribution is 2.29. The number of nitrogens with zero attached hydrogens (tertiary/aromatic N) is 4. The van der Waals surface area contributed by atoms with E-state index < -0.39 is 0 Å². The van der Waals surface area contributed by atoms with Crippen molar-refractivity contribution in [3.05, 3.63) is 34.1 Å². The molecule has 0 atom stereocenters. The van der Waals surface area contributed by atoms with Gasteiger partial charge < -0.3 is 14.2 Å². The number of benzene rings is 1. The summed E-state index contributed by atoms with van der Waals surface area (Å²) in [5.41, 5.74) is 0.691. The minimum Gasteiger partial charge on any atom is -0.378 e. The quantitative estimate of drug-likeness (QED) is 0.750. The number of hydrogen-bond acceptors (Lipinski definition) is 6. The van der Waals surface area contributed by atoms with Crippen molar-refractivity contribution in [2.75, 3.05) is 39.4 Å². The van der Waals surface area contributed by atoms with Crippen molar-refractivity contribution in [1.29, 1.82) is 0 Å². The molecule has 1 amide bonds. The third kappa shape index (κ3) is 4.49. The van der Waals surface area contributed by atoms with E-state index in [9.17, 15) is 4.79 Å². The number of piperidine rings is 1. The molecular formula is C19H22Cl2N4O3. The molecule has 150 valence electrons. The Bertz CT molecular complexity index is 830. The molecule has 2 fully saturated rings. The average Bonchev–Trinajstić information content (AvgIpc) is 3.17. The fourth-order valence-electron chi connectivity index (χ4n) is 3.67. The summed E-state index contributed by atoms with van der Waals surface area (Å²) >= 11 is 12.1. The standard InChI is InChI=1S/C19H22Cl2N4O3/c20-14-1-2-15(16(21)11-14)18-22-17(28-23-18)12-24-5-3-13(4-6-24)19(26)25-7-9-27-10-8-25/h1-2,11,13H,3-10,12H2. The number of morpholine rings is 1. The van der Waals surface area contributed by atoms with E-state index >= 15 is 0 Å². The number of aromatic nitrogens is 2.